The third kappa shape index (κ3) is 3.35. The lowest BCUT2D eigenvalue weighted by Gasteiger charge is -2.09. The Balaban J connectivity index is 2.05. The molecule has 1 amide bonds. The van der Waals surface area contributed by atoms with Crippen molar-refractivity contribution in [1.29, 1.82) is 0 Å². The summed E-state index contributed by atoms with van der Waals surface area (Å²) in [5.41, 5.74) is 2.20. The highest BCUT2D eigenvalue weighted by Gasteiger charge is 2.08. The van der Waals surface area contributed by atoms with Crippen LogP contribution in [0.5, 0.6) is 5.75 Å². The van der Waals surface area contributed by atoms with Gasteiger partial charge in [0.1, 0.15) is 11.6 Å². The second kappa shape index (κ2) is 6.19. The van der Waals surface area contributed by atoms with Gasteiger partial charge in [0.05, 0.1) is 7.11 Å². The summed E-state index contributed by atoms with van der Waals surface area (Å²) in [5, 5.41) is 2.75. The minimum Gasteiger partial charge on any atom is -0.496 e. The second-order valence-corrected chi connectivity index (χ2v) is 4.50. The minimum absolute atomic E-state index is 0.215. The van der Waals surface area contributed by atoms with Crippen LogP contribution in [0.2, 0.25) is 0 Å². The van der Waals surface area contributed by atoms with Crippen LogP contribution < -0.4 is 10.1 Å². The first-order valence-corrected chi connectivity index (χ1v) is 6.27. The van der Waals surface area contributed by atoms with E-state index < -0.39 is 0 Å². The summed E-state index contributed by atoms with van der Waals surface area (Å²) in [6, 6.07) is 11.4. The summed E-state index contributed by atoms with van der Waals surface area (Å²) in [6.45, 7) is 2.19. The zero-order chi connectivity index (χ0) is 14.5. The number of carbonyl (C=O) groups excluding carboxylic acids is 1. The molecule has 2 rings (SSSR count). The molecular formula is C16H16FNO2. The van der Waals surface area contributed by atoms with Crippen molar-refractivity contribution in [2.75, 3.05) is 7.11 Å². The van der Waals surface area contributed by atoms with Crippen LogP contribution in [0.15, 0.2) is 42.5 Å². The van der Waals surface area contributed by atoms with Crippen molar-refractivity contribution < 1.29 is 13.9 Å². The Labute approximate surface area is 117 Å². The number of aryl methyl sites for hydroxylation is 1. The molecule has 3 nitrogen and oxygen atoms in total. The lowest BCUT2D eigenvalue weighted by molar-refractivity contribution is 0.0950. The smallest absolute Gasteiger partial charge is 0.251 e. The molecule has 0 saturated carbocycles. The molecule has 104 valence electrons. The second-order valence-electron chi connectivity index (χ2n) is 4.50. The average Bonchev–Trinajstić information content (AvgIpc) is 2.45. The fourth-order valence-electron chi connectivity index (χ4n) is 1.89. The molecule has 0 aliphatic carbocycles. The van der Waals surface area contributed by atoms with Gasteiger partial charge in [-0.2, -0.15) is 0 Å². The SMILES string of the molecule is COc1cc(C(=O)NCc2cccc(F)c2)ccc1C. The van der Waals surface area contributed by atoms with Crippen LogP contribution in [-0.2, 0) is 6.54 Å². The minimum atomic E-state index is -0.311. The normalized spacial score (nSPS) is 10.2. The van der Waals surface area contributed by atoms with E-state index in [0.29, 0.717) is 11.3 Å². The van der Waals surface area contributed by atoms with E-state index in [0.717, 1.165) is 11.1 Å². The number of ether oxygens (including phenoxy) is 1. The lowest BCUT2D eigenvalue weighted by Crippen LogP contribution is -2.22. The molecule has 0 aliphatic heterocycles. The van der Waals surface area contributed by atoms with E-state index >= 15 is 0 Å². The Morgan fingerprint density at radius 3 is 2.75 bits per heavy atom. The van der Waals surface area contributed by atoms with Crippen molar-refractivity contribution in [1.82, 2.24) is 5.32 Å². The third-order valence-electron chi connectivity index (χ3n) is 3.01. The maximum atomic E-state index is 13.0. The standard InChI is InChI=1S/C16H16FNO2/c1-11-6-7-13(9-15(11)20-2)16(19)18-10-12-4-3-5-14(17)8-12/h3-9H,10H2,1-2H3,(H,18,19). The molecular weight excluding hydrogens is 257 g/mol. The predicted molar refractivity (Wildman–Crippen MR) is 75.3 cm³/mol. The first-order chi connectivity index (χ1) is 9.60. The summed E-state index contributed by atoms with van der Waals surface area (Å²) in [7, 11) is 1.57. The van der Waals surface area contributed by atoms with Gasteiger partial charge in [0.25, 0.3) is 5.91 Å². The highest BCUT2D eigenvalue weighted by Crippen LogP contribution is 2.18. The van der Waals surface area contributed by atoms with Gasteiger partial charge in [-0.25, -0.2) is 4.39 Å². The number of amides is 1. The Bertz CT molecular complexity index is 626. The van der Waals surface area contributed by atoms with Gasteiger partial charge in [0.15, 0.2) is 0 Å². The number of carbonyl (C=O) groups is 1. The molecule has 0 heterocycles. The molecule has 1 N–H and O–H groups in total. The molecule has 20 heavy (non-hydrogen) atoms. The summed E-state index contributed by atoms with van der Waals surface area (Å²) in [5.74, 6) is 0.143. The summed E-state index contributed by atoms with van der Waals surface area (Å²) < 4.78 is 18.2. The van der Waals surface area contributed by atoms with E-state index in [9.17, 15) is 9.18 Å². The van der Waals surface area contributed by atoms with E-state index in [4.69, 9.17) is 4.74 Å². The van der Waals surface area contributed by atoms with Gasteiger partial charge < -0.3 is 10.1 Å². The van der Waals surface area contributed by atoms with Gasteiger partial charge in [-0.05, 0) is 42.3 Å². The molecule has 0 aliphatic rings. The molecule has 0 aromatic heterocycles. The van der Waals surface area contributed by atoms with Gasteiger partial charge in [-0.15, -0.1) is 0 Å². The monoisotopic (exact) mass is 273 g/mol. The van der Waals surface area contributed by atoms with Crippen molar-refractivity contribution in [2.24, 2.45) is 0 Å². The van der Waals surface area contributed by atoms with E-state index in [1.54, 1.807) is 31.4 Å². The van der Waals surface area contributed by atoms with Gasteiger partial charge in [0, 0.05) is 12.1 Å². The third-order valence-corrected chi connectivity index (χ3v) is 3.01. The molecule has 0 saturated heterocycles. The van der Waals surface area contributed by atoms with Crippen molar-refractivity contribution in [3.8, 4) is 5.75 Å². The highest BCUT2D eigenvalue weighted by atomic mass is 19.1. The van der Waals surface area contributed by atoms with Crippen LogP contribution in [0.3, 0.4) is 0 Å². The molecule has 0 bridgehead atoms. The maximum Gasteiger partial charge on any atom is 0.251 e. The molecule has 2 aromatic rings. The molecule has 0 unspecified atom stereocenters. The number of methoxy groups -OCH3 is 1. The molecule has 0 spiro atoms. The van der Waals surface area contributed by atoms with E-state index in [1.165, 1.54) is 12.1 Å². The predicted octanol–water partition coefficient (Wildman–Crippen LogP) is 3.07. The fourth-order valence-corrected chi connectivity index (χ4v) is 1.89. The Morgan fingerprint density at radius 1 is 1.25 bits per heavy atom. The van der Waals surface area contributed by atoms with Gasteiger partial charge in [-0.3, -0.25) is 4.79 Å². The Kier molecular flexibility index (Phi) is 4.35. The van der Waals surface area contributed by atoms with Crippen molar-refractivity contribution >= 4 is 5.91 Å². The van der Waals surface area contributed by atoms with E-state index in [2.05, 4.69) is 5.32 Å². The van der Waals surface area contributed by atoms with Crippen LogP contribution in [0.25, 0.3) is 0 Å². The number of hydrogen-bond acceptors (Lipinski definition) is 2. The fraction of sp³-hybridized carbons (Fsp3) is 0.188. The maximum absolute atomic E-state index is 13.0. The first kappa shape index (κ1) is 14.1. The van der Waals surface area contributed by atoms with Crippen molar-refractivity contribution in [2.45, 2.75) is 13.5 Å². The number of nitrogens with one attached hydrogen (secondary N) is 1. The summed E-state index contributed by atoms with van der Waals surface area (Å²) in [4.78, 5) is 12.0. The molecule has 0 fully saturated rings. The average molecular weight is 273 g/mol. The van der Waals surface area contributed by atoms with Gasteiger partial charge >= 0.3 is 0 Å². The van der Waals surface area contributed by atoms with Crippen LogP contribution in [0, 0.1) is 12.7 Å². The molecule has 2 aromatic carbocycles. The van der Waals surface area contributed by atoms with Crippen molar-refractivity contribution in [3.63, 3.8) is 0 Å². The van der Waals surface area contributed by atoms with Gasteiger partial charge in [0.2, 0.25) is 0 Å². The number of rotatable bonds is 4. The van der Waals surface area contributed by atoms with Gasteiger partial charge in [-0.1, -0.05) is 18.2 Å². The van der Waals surface area contributed by atoms with Crippen LogP contribution >= 0.6 is 0 Å². The first-order valence-electron chi connectivity index (χ1n) is 6.27. The van der Waals surface area contributed by atoms with Crippen LogP contribution in [0.1, 0.15) is 21.5 Å². The zero-order valence-electron chi connectivity index (χ0n) is 11.4. The van der Waals surface area contributed by atoms with Crippen molar-refractivity contribution in [3.05, 3.63) is 65.0 Å². The zero-order valence-corrected chi connectivity index (χ0v) is 11.4. The molecule has 0 radical (unpaired) electrons. The largest absolute Gasteiger partial charge is 0.496 e. The molecule has 0 atom stereocenters. The Hall–Kier alpha value is -2.36. The number of benzene rings is 2. The Morgan fingerprint density at radius 2 is 2.05 bits per heavy atom. The molecule has 4 heteroatoms. The topological polar surface area (TPSA) is 38.3 Å². The highest BCUT2D eigenvalue weighted by molar-refractivity contribution is 5.94. The quantitative estimate of drug-likeness (QED) is 0.929. The van der Waals surface area contributed by atoms with Crippen LogP contribution in [-0.4, -0.2) is 13.0 Å². The number of halogens is 1. The number of hydrogen-bond donors (Lipinski definition) is 1. The van der Waals surface area contributed by atoms with Crippen LogP contribution in [0.4, 0.5) is 4.39 Å². The van der Waals surface area contributed by atoms with E-state index in [-0.39, 0.29) is 18.3 Å². The summed E-state index contributed by atoms with van der Waals surface area (Å²) >= 11 is 0. The van der Waals surface area contributed by atoms with E-state index in [1.807, 2.05) is 13.0 Å². The lowest BCUT2D eigenvalue weighted by atomic mass is 10.1. The summed E-state index contributed by atoms with van der Waals surface area (Å²) in [6.07, 6.45) is 0.